The van der Waals surface area contributed by atoms with Gasteiger partial charge in [-0.15, -0.1) is 0 Å². The third kappa shape index (κ3) is 3.53. The predicted molar refractivity (Wildman–Crippen MR) is 104 cm³/mol. The predicted octanol–water partition coefficient (Wildman–Crippen LogP) is 4.01. The van der Waals surface area contributed by atoms with E-state index in [0.29, 0.717) is 23.7 Å². The second kappa shape index (κ2) is 7.33. The van der Waals surface area contributed by atoms with E-state index in [9.17, 15) is 9.59 Å². The van der Waals surface area contributed by atoms with Crippen LogP contribution in [0.2, 0.25) is 0 Å². The molecule has 0 aromatic heterocycles. The summed E-state index contributed by atoms with van der Waals surface area (Å²) in [5, 5.41) is 2.68. The standard InChI is InChI=1S/C22H18N2O3/c25-21(22(26)24-15-14-16-8-4-6-12-19(16)24)23-18-11-5-7-13-20(18)27-17-9-2-1-3-10-17/h1-13H,14-15H2,(H,23,25). The molecule has 1 heterocycles. The zero-order valence-corrected chi connectivity index (χ0v) is 14.6. The van der Waals surface area contributed by atoms with Crippen molar-refractivity contribution < 1.29 is 14.3 Å². The number of rotatable bonds is 3. The summed E-state index contributed by atoms with van der Waals surface area (Å²) >= 11 is 0. The van der Waals surface area contributed by atoms with Crippen LogP contribution in [0.3, 0.4) is 0 Å². The van der Waals surface area contributed by atoms with Gasteiger partial charge in [0.15, 0.2) is 5.75 Å². The van der Waals surface area contributed by atoms with E-state index < -0.39 is 11.8 Å². The summed E-state index contributed by atoms with van der Waals surface area (Å²) in [6, 6.07) is 24.0. The lowest BCUT2D eigenvalue weighted by Crippen LogP contribution is -2.38. The summed E-state index contributed by atoms with van der Waals surface area (Å²) < 4.78 is 5.83. The fraction of sp³-hybridized carbons (Fsp3) is 0.0909. The van der Waals surface area contributed by atoms with E-state index in [-0.39, 0.29) is 0 Å². The Morgan fingerprint density at radius 1 is 0.852 bits per heavy atom. The number of para-hydroxylation sites is 4. The Hall–Kier alpha value is -3.60. The molecule has 1 aliphatic heterocycles. The van der Waals surface area contributed by atoms with Crippen molar-refractivity contribution in [2.24, 2.45) is 0 Å². The van der Waals surface area contributed by atoms with Crippen molar-refractivity contribution in [1.82, 2.24) is 0 Å². The first-order valence-corrected chi connectivity index (χ1v) is 8.75. The smallest absolute Gasteiger partial charge is 0.316 e. The van der Waals surface area contributed by atoms with Crippen LogP contribution in [0.15, 0.2) is 78.9 Å². The largest absolute Gasteiger partial charge is 0.455 e. The molecule has 0 bridgehead atoms. The van der Waals surface area contributed by atoms with Crippen molar-refractivity contribution >= 4 is 23.2 Å². The third-order valence-electron chi connectivity index (χ3n) is 4.43. The Morgan fingerprint density at radius 2 is 1.56 bits per heavy atom. The van der Waals surface area contributed by atoms with Crippen molar-refractivity contribution in [2.75, 3.05) is 16.8 Å². The molecule has 3 aromatic rings. The molecular weight excluding hydrogens is 340 g/mol. The molecule has 5 nitrogen and oxygen atoms in total. The van der Waals surface area contributed by atoms with Gasteiger partial charge in [-0.05, 0) is 42.3 Å². The minimum atomic E-state index is -0.684. The number of carbonyl (C=O) groups excluding carboxylic acids is 2. The molecule has 5 heteroatoms. The van der Waals surface area contributed by atoms with Crippen molar-refractivity contribution in [3.05, 3.63) is 84.4 Å². The van der Waals surface area contributed by atoms with Crippen molar-refractivity contribution in [3.63, 3.8) is 0 Å². The van der Waals surface area contributed by atoms with Crippen LogP contribution < -0.4 is 15.0 Å². The summed E-state index contributed by atoms with van der Waals surface area (Å²) in [5.74, 6) is -0.129. The van der Waals surface area contributed by atoms with Crippen LogP contribution in [0.5, 0.6) is 11.5 Å². The zero-order valence-electron chi connectivity index (χ0n) is 14.6. The number of carbonyl (C=O) groups is 2. The van der Waals surface area contributed by atoms with Crippen LogP contribution in [-0.4, -0.2) is 18.4 Å². The number of nitrogens with one attached hydrogen (secondary N) is 1. The molecule has 1 aliphatic rings. The van der Waals surface area contributed by atoms with Crippen LogP contribution in [0.4, 0.5) is 11.4 Å². The van der Waals surface area contributed by atoms with E-state index in [1.165, 1.54) is 4.90 Å². The molecule has 1 N–H and O–H groups in total. The number of hydrogen-bond acceptors (Lipinski definition) is 3. The van der Waals surface area contributed by atoms with Gasteiger partial charge >= 0.3 is 11.8 Å². The molecule has 134 valence electrons. The number of ether oxygens (including phenoxy) is 1. The molecule has 4 rings (SSSR count). The second-order valence-corrected chi connectivity index (χ2v) is 6.20. The van der Waals surface area contributed by atoms with Gasteiger partial charge in [-0.2, -0.15) is 0 Å². The molecule has 0 fully saturated rings. The van der Waals surface area contributed by atoms with Gasteiger partial charge in [0, 0.05) is 12.2 Å². The first-order chi connectivity index (χ1) is 13.2. The lowest BCUT2D eigenvalue weighted by molar-refractivity contribution is -0.134. The lowest BCUT2D eigenvalue weighted by Gasteiger charge is -2.17. The lowest BCUT2D eigenvalue weighted by atomic mass is 10.2. The zero-order chi connectivity index (χ0) is 18.6. The highest BCUT2D eigenvalue weighted by Gasteiger charge is 2.29. The van der Waals surface area contributed by atoms with Crippen molar-refractivity contribution in [1.29, 1.82) is 0 Å². The van der Waals surface area contributed by atoms with Crippen LogP contribution in [0.25, 0.3) is 0 Å². The molecule has 3 aromatic carbocycles. The fourth-order valence-electron chi connectivity index (χ4n) is 3.12. The third-order valence-corrected chi connectivity index (χ3v) is 4.43. The van der Waals surface area contributed by atoms with E-state index in [1.807, 2.05) is 60.7 Å². The van der Waals surface area contributed by atoms with E-state index in [0.717, 1.165) is 17.7 Å². The van der Waals surface area contributed by atoms with Gasteiger partial charge in [-0.3, -0.25) is 9.59 Å². The van der Waals surface area contributed by atoms with Gasteiger partial charge in [-0.1, -0.05) is 48.5 Å². The van der Waals surface area contributed by atoms with Crippen LogP contribution in [0.1, 0.15) is 5.56 Å². The first-order valence-electron chi connectivity index (χ1n) is 8.75. The van der Waals surface area contributed by atoms with E-state index in [2.05, 4.69) is 5.32 Å². The molecule has 0 aliphatic carbocycles. The number of anilines is 2. The Kier molecular flexibility index (Phi) is 4.58. The molecule has 0 spiro atoms. The highest BCUT2D eigenvalue weighted by Crippen LogP contribution is 2.30. The van der Waals surface area contributed by atoms with Gasteiger partial charge < -0.3 is 15.0 Å². The van der Waals surface area contributed by atoms with Gasteiger partial charge in [0.1, 0.15) is 5.75 Å². The quantitative estimate of drug-likeness (QED) is 0.720. The highest BCUT2D eigenvalue weighted by molar-refractivity contribution is 6.44. The summed E-state index contributed by atoms with van der Waals surface area (Å²) in [6.07, 6.45) is 0.753. The van der Waals surface area contributed by atoms with E-state index in [1.54, 1.807) is 18.2 Å². The molecule has 0 saturated heterocycles. The fourth-order valence-corrected chi connectivity index (χ4v) is 3.12. The van der Waals surface area contributed by atoms with Crippen molar-refractivity contribution in [3.8, 4) is 11.5 Å². The Labute approximate surface area is 157 Å². The molecule has 2 amide bonds. The number of amides is 2. The number of benzene rings is 3. The molecule has 0 radical (unpaired) electrons. The minimum Gasteiger partial charge on any atom is -0.455 e. The van der Waals surface area contributed by atoms with E-state index in [4.69, 9.17) is 4.74 Å². The monoisotopic (exact) mass is 358 g/mol. The summed E-state index contributed by atoms with van der Waals surface area (Å²) in [5.41, 5.74) is 2.32. The van der Waals surface area contributed by atoms with Crippen LogP contribution >= 0.6 is 0 Å². The maximum Gasteiger partial charge on any atom is 0.316 e. The van der Waals surface area contributed by atoms with E-state index >= 15 is 0 Å². The average molecular weight is 358 g/mol. The highest BCUT2D eigenvalue weighted by atomic mass is 16.5. The Morgan fingerprint density at radius 3 is 2.41 bits per heavy atom. The number of nitrogens with zero attached hydrogens (tertiary/aromatic N) is 1. The van der Waals surface area contributed by atoms with Gasteiger partial charge in [0.2, 0.25) is 0 Å². The Bertz CT molecular complexity index is 986. The normalized spacial score (nSPS) is 12.4. The van der Waals surface area contributed by atoms with Crippen LogP contribution in [0, 0.1) is 0 Å². The number of fused-ring (bicyclic) bond motifs is 1. The van der Waals surface area contributed by atoms with Gasteiger partial charge in [0.25, 0.3) is 0 Å². The second-order valence-electron chi connectivity index (χ2n) is 6.20. The summed E-state index contributed by atoms with van der Waals surface area (Å²) in [4.78, 5) is 26.7. The Balaban J connectivity index is 1.51. The van der Waals surface area contributed by atoms with Gasteiger partial charge in [0.05, 0.1) is 5.69 Å². The molecule has 0 unspecified atom stereocenters. The molecule has 0 atom stereocenters. The molecule has 0 saturated carbocycles. The maximum atomic E-state index is 12.7. The van der Waals surface area contributed by atoms with Crippen LogP contribution in [-0.2, 0) is 16.0 Å². The summed E-state index contributed by atoms with van der Waals surface area (Å²) in [6.45, 7) is 0.508. The maximum absolute atomic E-state index is 12.7. The average Bonchev–Trinajstić information content (AvgIpc) is 3.14. The minimum absolute atomic E-state index is 0.451. The van der Waals surface area contributed by atoms with Crippen molar-refractivity contribution in [2.45, 2.75) is 6.42 Å². The SMILES string of the molecule is O=C(Nc1ccccc1Oc1ccccc1)C(=O)N1CCc2ccccc21. The summed E-state index contributed by atoms with van der Waals surface area (Å²) in [7, 11) is 0. The molecular formula is C22H18N2O3. The first kappa shape index (κ1) is 16.8. The topological polar surface area (TPSA) is 58.6 Å². The number of hydrogen-bond donors (Lipinski definition) is 1. The van der Waals surface area contributed by atoms with Gasteiger partial charge in [-0.25, -0.2) is 0 Å². The molecule has 27 heavy (non-hydrogen) atoms.